The summed E-state index contributed by atoms with van der Waals surface area (Å²) in [5, 5.41) is 2.77. The third-order valence-electron chi connectivity index (χ3n) is 3.88. The quantitative estimate of drug-likeness (QED) is 0.724. The minimum atomic E-state index is -0.474. The summed E-state index contributed by atoms with van der Waals surface area (Å²) in [6.45, 7) is 0.379. The number of nitrogen functional groups attached to an aromatic ring is 1. The number of fused-ring (bicyclic) bond motifs is 1. The molecule has 0 atom stereocenters. The van der Waals surface area contributed by atoms with Gasteiger partial charge in [0.15, 0.2) is 0 Å². The molecule has 122 valence electrons. The molecule has 0 saturated heterocycles. The summed E-state index contributed by atoms with van der Waals surface area (Å²) in [7, 11) is 1.46. The summed E-state index contributed by atoms with van der Waals surface area (Å²) in [6.07, 6.45) is 1.51. The Labute approximate surface area is 137 Å². The van der Waals surface area contributed by atoms with Crippen molar-refractivity contribution in [3.8, 4) is 0 Å². The van der Waals surface area contributed by atoms with Gasteiger partial charge >= 0.3 is 0 Å². The number of carbonyl (C=O) groups is 1. The first-order valence-corrected chi connectivity index (χ1v) is 7.39. The van der Waals surface area contributed by atoms with E-state index < -0.39 is 11.3 Å². The zero-order valence-corrected chi connectivity index (χ0v) is 13.0. The lowest BCUT2D eigenvalue weighted by atomic mass is 10.1. The molecule has 0 aliphatic carbocycles. The van der Waals surface area contributed by atoms with Crippen LogP contribution in [0.1, 0.15) is 15.9 Å². The first-order valence-electron chi connectivity index (χ1n) is 7.39. The smallest absolute Gasteiger partial charge is 0.256 e. The molecule has 3 N–H and O–H groups in total. The maximum absolute atomic E-state index is 13.1. The Hall–Kier alpha value is -3.15. The molecular formula is C18H16FN3O2. The minimum Gasteiger partial charge on any atom is -0.398 e. The number of hydrogen-bond acceptors (Lipinski definition) is 3. The van der Waals surface area contributed by atoms with Crippen molar-refractivity contribution < 1.29 is 9.18 Å². The Morgan fingerprint density at radius 3 is 2.58 bits per heavy atom. The zero-order valence-electron chi connectivity index (χ0n) is 13.0. The molecule has 0 unspecified atom stereocenters. The van der Waals surface area contributed by atoms with Gasteiger partial charge in [-0.05, 0) is 29.8 Å². The lowest BCUT2D eigenvalue weighted by molar-refractivity contribution is 0.0961. The number of aromatic nitrogens is 1. The van der Waals surface area contributed by atoms with Crippen LogP contribution in [0.25, 0.3) is 10.9 Å². The van der Waals surface area contributed by atoms with E-state index in [2.05, 4.69) is 5.32 Å². The van der Waals surface area contributed by atoms with Crippen molar-refractivity contribution in [3.63, 3.8) is 0 Å². The van der Waals surface area contributed by atoms with Crippen LogP contribution < -0.4 is 16.5 Å². The van der Waals surface area contributed by atoms with Crippen molar-refractivity contribution >= 4 is 22.5 Å². The molecule has 0 aliphatic heterocycles. The Kier molecular flexibility index (Phi) is 4.04. The number of benzene rings is 2. The Morgan fingerprint density at radius 1 is 1.21 bits per heavy atom. The standard InChI is InChI=1S/C18H16FN3O2/c1-21-18(24)13-10-22(9-11-5-7-12(19)8-6-11)15-4-2-3-14(20)16(15)17(13)23/h2-8,10H,9,20H2,1H3,(H,21,24). The second kappa shape index (κ2) is 6.16. The number of nitrogens with zero attached hydrogens (tertiary/aromatic N) is 1. The van der Waals surface area contributed by atoms with E-state index in [4.69, 9.17) is 5.73 Å². The highest BCUT2D eigenvalue weighted by Crippen LogP contribution is 2.19. The second-order valence-electron chi connectivity index (χ2n) is 5.45. The van der Waals surface area contributed by atoms with E-state index in [1.54, 1.807) is 34.9 Å². The van der Waals surface area contributed by atoms with Gasteiger partial charge in [0.25, 0.3) is 5.91 Å². The molecule has 2 aromatic carbocycles. The number of anilines is 1. The SMILES string of the molecule is CNC(=O)c1cn(Cc2ccc(F)cc2)c2cccc(N)c2c1=O. The van der Waals surface area contributed by atoms with Crippen molar-refractivity contribution in [2.45, 2.75) is 6.54 Å². The van der Waals surface area contributed by atoms with Crippen LogP contribution in [0.5, 0.6) is 0 Å². The third kappa shape index (κ3) is 2.74. The van der Waals surface area contributed by atoms with Gasteiger partial charge in [-0.1, -0.05) is 18.2 Å². The van der Waals surface area contributed by atoms with E-state index in [1.165, 1.54) is 25.4 Å². The second-order valence-corrected chi connectivity index (χ2v) is 5.45. The molecule has 24 heavy (non-hydrogen) atoms. The molecule has 0 saturated carbocycles. The molecule has 3 aromatic rings. The third-order valence-corrected chi connectivity index (χ3v) is 3.88. The predicted octanol–water partition coefficient (Wildman–Crippen LogP) is 2.13. The van der Waals surface area contributed by atoms with Crippen LogP contribution >= 0.6 is 0 Å². The number of amides is 1. The molecule has 6 heteroatoms. The average Bonchev–Trinajstić information content (AvgIpc) is 2.58. The molecule has 1 aromatic heterocycles. The van der Waals surface area contributed by atoms with Crippen molar-refractivity contribution in [2.24, 2.45) is 0 Å². The number of nitrogens with one attached hydrogen (secondary N) is 1. The van der Waals surface area contributed by atoms with Gasteiger partial charge in [-0.15, -0.1) is 0 Å². The van der Waals surface area contributed by atoms with Crippen LogP contribution in [0.2, 0.25) is 0 Å². The van der Waals surface area contributed by atoms with E-state index in [1.807, 2.05) is 0 Å². The molecule has 5 nitrogen and oxygen atoms in total. The highest BCUT2D eigenvalue weighted by Gasteiger charge is 2.16. The molecule has 1 heterocycles. The Bertz CT molecular complexity index is 978. The summed E-state index contributed by atoms with van der Waals surface area (Å²) >= 11 is 0. The maximum atomic E-state index is 13.1. The molecule has 1 amide bonds. The van der Waals surface area contributed by atoms with Crippen LogP contribution in [0, 0.1) is 5.82 Å². The number of carbonyl (C=O) groups excluding carboxylic acids is 1. The average molecular weight is 325 g/mol. The fourth-order valence-corrected chi connectivity index (χ4v) is 2.68. The largest absolute Gasteiger partial charge is 0.398 e. The van der Waals surface area contributed by atoms with Crippen molar-refractivity contribution in [1.29, 1.82) is 0 Å². The van der Waals surface area contributed by atoms with Crippen LogP contribution in [0.3, 0.4) is 0 Å². The van der Waals surface area contributed by atoms with E-state index >= 15 is 0 Å². The van der Waals surface area contributed by atoms with E-state index in [0.717, 1.165) is 5.56 Å². The Morgan fingerprint density at radius 2 is 1.92 bits per heavy atom. The van der Waals surface area contributed by atoms with Gasteiger partial charge in [0.2, 0.25) is 5.43 Å². The lowest BCUT2D eigenvalue weighted by Crippen LogP contribution is -2.27. The van der Waals surface area contributed by atoms with E-state index in [9.17, 15) is 14.0 Å². The minimum absolute atomic E-state index is 0.0185. The summed E-state index contributed by atoms with van der Waals surface area (Å²) in [5.41, 5.74) is 7.35. The summed E-state index contributed by atoms with van der Waals surface area (Å²) in [4.78, 5) is 24.6. The van der Waals surface area contributed by atoms with Crippen molar-refractivity contribution in [1.82, 2.24) is 9.88 Å². The predicted molar refractivity (Wildman–Crippen MR) is 91.5 cm³/mol. The molecule has 3 rings (SSSR count). The van der Waals surface area contributed by atoms with Gasteiger partial charge in [-0.25, -0.2) is 4.39 Å². The zero-order chi connectivity index (χ0) is 17.3. The molecular weight excluding hydrogens is 309 g/mol. The topological polar surface area (TPSA) is 77.1 Å². The first-order chi connectivity index (χ1) is 11.5. The van der Waals surface area contributed by atoms with E-state index in [-0.39, 0.29) is 11.4 Å². The summed E-state index contributed by atoms with van der Waals surface area (Å²) in [5.74, 6) is -0.795. The van der Waals surface area contributed by atoms with Crippen LogP contribution in [0.15, 0.2) is 53.5 Å². The van der Waals surface area contributed by atoms with Gasteiger partial charge in [-0.2, -0.15) is 0 Å². The van der Waals surface area contributed by atoms with Gasteiger partial charge < -0.3 is 15.6 Å². The van der Waals surface area contributed by atoms with Gasteiger partial charge in [0, 0.05) is 25.5 Å². The number of halogens is 1. The fraction of sp³-hybridized carbons (Fsp3) is 0.111. The fourth-order valence-electron chi connectivity index (χ4n) is 2.68. The lowest BCUT2D eigenvalue weighted by Gasteiger charge is -2.14. The number of nitrogens with two attached hydrogens (primary N) is 1. The number of hydrogen-bond donors (Lipinski definition) is 2. The van der Waals surface area contributed by atoms with Crippen molar-refractivity contribution in [3.05, 3.63) is 75.8 Å². The van der Waals surface area contributed by atoms with Crippen LogP contribution in [-0.2, 0) is 6.54 Å². The highest BCUT2D eigenvalue weighted by molar-refractivity contribution is 6.00. The monoisotopic (exact) mass is 325 g/mol. The molecule has 0 radical (unpaired) electrons. The number of rotatable bonds is 3. The normalized spacial score (nSPS) is 10.8. The highest BCUT2D eigenvalue weighted by atomic mass is 19.1. The maximum Gasteiger partial charge on any atom is 0.256 e. The van der Waals surface area contributed by atoms with Gasteiger partial charge in [-0.3, -0.25) is 9.59 Å². The molecule has 0 spiro atoms. The summed E-state index contributed by atoms with van der Waals surface area (Å²) < 4.78 is 14.9. The summed E-state index contributed by atoms with van der Waals surface area (Å²) in [6, 6.07) is 11.2. The van der Waals surface area contributed by atoms with Gasteiger partial charge in [0.1, 0.15) is 11.4 Å². The first kappa shape index (κ1) is 15.7. The van der Waals surface area contributed by atoms with Crippen LogP contribution in [-0.4, -0.2) is 17.5 Å². The molecule has 0 aliphatic rings. The number of pyridine rings is 1. The molecule has 0 fully saturated rings. The van der Waals surface area contributed by atoms with Gasteiger partial charge in [0.05, 0.1) is 10.9 Å². The van der Waals surface area contributed by atoms with Crippen LogP contribution in [0.4, 0.5) is 10.1 Å². The van der Waals surface area contributed by atoms with E-state index in [0.29, 0.717) is 23.1 Å². The van der Waals surface area contributed by atoms with Crippen molar-refractivity contribution in [2.75, 3.05) is 12.8 Å². The Balaban J connectivity index is 2.24. The molecule has 0 bridgehead atoms.